The molecule has 0 aliphatic heterocycles. The number of aromatic nitrogens is 1. The van der Waals surface area contributed by atoms with E-state index in [1.165, 1.54) is 11.1 Å². The van der Waals surface area contributed by atoms with Crippen molar-refractivity contribution in [3.8, 4) is 0 Å². The minimum absolute atomic E-state index is 0.193. The van der Waals surface area contributed by atoms with E-state index >= 15 is 0 Å². The smallest absolute Gasteiger partial charge is 0.265 e. The summed E-state index contributed by atoms with van der Waals surface area (Å²) in [5, 5.41) is 1.07. The number of nitrogens with two attached hydrogens (primary N) is 1. The first-order valence-corrected chi connectivity index (χ1v) is 10.7. The Kier molecular flexibility index (Phi) is 5.70. The van der Waals surface area contributed by atoms with Crippen LogP contribution in [0.1, 0.15) is 84.8 Å². The van der Waals surface area contributed by atoms with Gasteiger partial charge in [0.15, 0.2) is 0 Å². The predicted octanol–water partition coefficient (Wildman–Crippen LogP) is 5.75. The molecule has 0 spiro atoms. The fraction of sp³-hybridized carbons (Fsp3) is 0.609. The lowest BCUT2D eigenvalue weighted by molar-refractivity contribution is 0.0996. The van der Waals surface area contributed by atoms with Crippen molar-refractivity contribution in [3.05, 3.63) is 35.0 Å². The Hall–Kier alpha value is -1.91. The molecule has 5 heteroatoms. The second-order valence-corrected chi connectivity index (χ2v) is 8.86. The lowest BCUT2D eigenvalue weighted by Gasteiger charge is -2.30. The van der Waals surface area contributed by atoms with Crippen LogP contribution in [0.2, 0.25) is 0 Å². The van der Waals surface area contributed by atoms with E-state index in [1.54, 1.807) is 0 Å². The Morgan fingerprint density at radius 1 is 0.893 bits per heavy atom. The van der Waals surface area contributed by atoms with Crippen molar-refractivity contribution in [2.45, 2.75) is 63.2 Å². The van der Waals surface area contributed by atoms with Gasteiger partial charge in [-0.3, -0.25) is 13.6 Å². The first kappa shape index (κ1) is 19.4. The maximum atomic E-state index is 13.0. The SMILES string of the molecule is NC(=O)c1cc2c(C3CCC(CF)CC3)cc(C3CCC(CF)CC3)cc2[nH]1. The molecule has 152 valence electrons. The average Bonchev–Trinajstić information content (AvgIpc) is 3.18. The van der Waals surface area contributed by atoms with Gasteiger partial charge in [0.2, 0.25) is 0 Å². The second-order valence-electron chi connectivity index (χ2n) is 8.86. The number of H-pyrrole nitrogens is 1. The molecular formula is C23H30F2N2O. The lowest BCUT2D eigenvalue weighted by atomic mass is 9.75. The number of hydrogen-bond donors (Lipinski definition) is 2. The highest BCUT2D eigenvalue weighted by Crippen LogP contribution is 2.43. The molecule has 0 radical (unpaired) electrons. The van der Waals surface area contributed by atoms with Crippen LogP contribution in [0.25, 0.3) is 10.9 Å². The number of alkyl halides is 2. The minimum Gasteiger partial charge on any atom is -0.364 e. The van der Waals surface area contributed by atoms with Crippen LogP contribution in [-0.4, -0.2) is 24.2 Å². The highest BCUT2D eigenvalue weighted by atomic mass is 19.1. The third-order valence-electron chi connectivity index (χ3n) is 7.10. The number of carbonyl (C=O) groups is 1. The lowest BCUT2D eigenvalue weighted by Crippen LogP contribution is -2.16. The largest absolute Gasteiger partial charge is 0.364 e. The molecule has 2 fully saturated rings. The van der Waals surface area contributed by atoms with E-state index in [1.807, 2.05) is 6.07 Å². The van der Waals surface area contributed by atoms with Gasteiger partial charge in [0.25, 0.3) is 5.91 Å². The van der Waals surface area contributed by atoms with Crippen molar-refractivity contribution in [2.24, 2.45) is 17.6 Å². The Bertz CT molecular complexity index is 830. The molecule has 4 rings (SSSR count). The number of hydrogen-bond acceptors (Lipinski definition) is 1. The normalized spacial score (nSPS) is 28.5. The van der Waals surface area contributed by atoms with Crippen LogP contribution >= 0.6 is 0 Å². The van der Waals surface area contributed by atoms with E-state index in [0.29, 0.717) is 17.5 Å². The molecule has 1 heterocycles. The number of fused-ring (bicyclic) bond motifs is 1. The van der Waals surface area contributed by atoms with Crippen molar-refractivity contribution >= 4 is 16.8 Å². The van der Waals surface area contributed by atoms with E-state index in [-0.39, 0.29) is 25.2 Å². The van der Waals surface area contributed by atoms with Gasteiger partial charge in [-0.2, -0.15) is 0 Å². The molecule has 2 saturated carbocycles. The summed E-state index contributed by atoms with van der Waals surface area (Å²) < 4.78 is 26.0. The van der Waals surface area contributed by atoms with Crippen LogP contribution in [0.15, 0.2) is 18.2 Å². The van der Waals surface area contributed by atoms with Crippen molar-refractivity contribution in [1.29, 1.82) is 0 Å². The quantitative estimate of drug-likeness (QED) is 0.673. The average molecular weight is 389 g/mol. The molecular weight excluding hydrogens is 358 g/mol. The zero-order valence-electron chi connectivity index (χ0n) is 16.4. The van der Waals surface area contributed by atoms with Gasteiger partial charge >= 0.3 is 0 Å². The number of amides is 1. The Labute approximate surface area is 165 Å². The van der Waals surface area contributed by atoms with Crippen molar-refractivity contribution < 1.29 is 13.6 Å². The second kappa shape index (κ2) is 8.22. The highest BCUT2D eigenvalue weighted by molar-refractivity contribution is 5.98. The Morgan fingerprint density at radius 3 is 2.00 bits per heavy atom. The monoisotopic (exact) mass is 388 g/mol. The Balaban J connectivity index is 1.68. The summed E-state index contributed by atoms with van der Waals surface area (Å²) in [6, 6.07) is 6.33. The fourth-order valence-electron chi connectivity index (χ4n) is 5.27. The zero-order chi connectivity index (χ0) is 19.7. The number of halogens is 2. The standard InChI is InChI=1S/C23H30F2N2O/c24-12-14-1-5-16(6-2-14)18-9-19(17-7-3-15(13-25)4-8-17)20-11-22(23(26)28)27-21(20)10-18/h9-11,14-17,27H,1-8,12-13H2,(H2,26,28). The van der Waals surface area contributed by atoms with Gasteiger partial charge in [-0.25, -0.2) is 0 Å². The summed E-state index contributed by atoms with van der Waals surface area (Å²) in [7, 11) is 0. The number of carbonyl (C=O) groups excluding carboxylic acids is 1. The van der Waals surface area contributed by atoms with Gasteiger partial charge in [-0.1, -0.05) is 6.07 Å². The summed E-state index contributed by atoms with van der Waals surface area (Å²) in [5.41, 5.74) is 9.45. The summed E-state index contributed by atoms with van der Waals surface area (Å²) in [4.78, 5) is 14.9. The molecule has 1 amide bonds. The van der Waals surface area contributed by atoms with E-state index < -0.39 is 5.91 Å². The fourth-order valence-corrected chi connectivity index (χ4v) is 5.27. The van der Waals surface area contributed by atoms with Crippen molar-refractivity contribution in [3.63, 3.8) is 0 Å². The number of nitrogens with one attached hydrogen (secondary N) is 1. The third kappa shape index (κ3) is 3.81. The van der Waals surface area contributed by atoms with Crippen LogP contribution in [0.4, 0.5) is 8.78 Å². The van der Waals surface area contributed by atoms with Gasteiger partial charge in [0, 0.05) is 10.9 Å². The first-order valence-electron chi connectivity index (χ1n) is 10.7. The molecule has 28 heavy (non-hydrogen) atoms. The molecule has 0 unspecified atom stereocenters. The number of benzene rings is 1. The summed E-state index contributed by atoms with van der Waals surface area (Å²) in [6.07, 6.45) is 7.71. The first-order chi connectivity index (χ1) is 13.6. The molecule has 1 aromatic heterocycles. The molecule has 2 aromatic rings. The van der Waals surface area contributed by atoms with E-state index in [4.69, 9.17) is 5.73 Å². The van der Waals surface area contributed by atoms with Gasteiger partial charge in [-0.15, -0.1) is 0 Å². The Morgan fingerprint density at radius 2 is 1.46 bits per heavy atom. The van der Waals surface area contributed by atoms with Crippen LogP contribution in [0, 0.1) is 11.8 Å². The molecule has 3 nitrogen and oxygen atoms in total. The molecule has 2 aliphatic rings. The molecule has 0 bridgehead atoms. The summed E-state index contributed by atoms with van der Waals surface area (Å²) >= 11 is 0. The van der Waals surface area contributed by atoms with E-state index in [0.717, 1.165) is 62.3 Å². The van der Waals surface area contributed by atoms with Gasteiger partial charge in [-0.05, 0) is 98.3 Å². The predicted molar refractivity (Wildman–Crippen MR) is 108 cm³/mol. The highest BCUT2D eigenvalue weighted by Gasteiger charge is 2.27. The zero-order valence-corrected chi connectivity index (χ0v) is 16.4. The maximum absolute atomic E-state index is 13.0. The van der Waals surface area contributed by atoms with Crippen molar-refractivity contribution in [1.82, 2.24) is 4.98 Å². The van der Waals surface area contributed by atoms with Crippen LogP contribution in [-0.2, 0) is 0 Å². The van der Waals surface area contributed by atoms with Gasteiger partial charge in [0.1, 0.15) is 5.69 Å². The van der Waals surface area contributed by atoms with Crippen LogP contribution < -0.4 is 5.73 Å². The van der Waals surface area contributed by atoms with Crippen molar-refractivity contribution in [2.75, 3.05) is 13.3 Å². The van der Waals surface area contributed by atoms with E-state index in [9.17, 15) is 13.6 Å². The third-order valence-corrected chi connectivity index (χ3v) is 7.10. The van der Waals surface area contributed by atoms with Gasteiger partial charge in [0.05, 0.1) is 13.3 Å². The summed E-state index contributed by atoms with van der Waals surface area (Å²) in [6.45, 7) is -0.441. The number of aromatic amines is 1. The summed E-state index contributed by atoms with van der Waals surface area (Å²) in [5.74, 6) is 0.784. The van der Waals surface area contributed by atoms with E-state index in [2.05, 4.69) is 17.1 Å². The van der Waals surface area contributed by atoms with Gasteiger partial charge < -0.3 is 10.7 Å². The number of rotatable bonds is 5. The molecule has 3 N–H and O–H groups in total. The number of primary amides is 1. The molecule has 1 aromatic carbocycles. The maximum Gasteiger partial charge on any atom is 0.265 e. The van der Waals surface area contributed by atoms with Crippen LogP contribution in [0.5, 0.6) is 0 Å². The molecule has 2 aliphatic carbocycles. The minimum atomic E-state index is -0.451. The molecule has 0 saturated heterocycles. The van der Waals surface area contributed by atoms with Crippen LogP contribution in [0.3, 0.4) is 0 Å². The topological polar surface area (TPSA) is 58.9 Å². The molecule has 0 atom stereocenters.